The highest BCUT2D eigenvalue weighted by Gasteiger charge is 2.29. The Balaban J connectivity index is 2.11. The van der Waals surface area contributed by atoms with Crippen molar-refractivity contribution in [3.05, 3.63) is 63.3 Å². The number of pyridine rings is 2. The fourth-order valence-electron chi connectivity index (χ4n) is 3.64. The summed E-state index contributed by atoms with van der Waals surface area (Å²) in [5.74, 6) is -1.50. The highest BCUT2D eigenvalue weighted by Crippen LogP contribution is 2.43. The lowest BCUT2D eigenvalue weighted by atomic mass is 9.96. The van der Waals surface area contributed by atoms with Crippen molar-refractivity contribution in [3.63, 3.8) is 0 Å². The van der Waals surface area contributed by atoms with E-state index in [2.05, 4.69) is 9.24 Å². The zero-order valence-corrected chi connectivity index (χ0v) is 15.8. The Kier molecular flexibility index (Phi) is 4.04. The molecule has 2 aromatic heterocycles. The van der Waals surface area contributed by atoms with Gasteiger partial charge in [-0.05, 0) is 71.4 Å². The second-order valence-electron chi connectivity index (χ2n) is 6.94. The van der Waals surface area contributed by atoms with Crippen LogP contribution in [0, 0.1) is 12.7 Å². The summed E-state index contributed by atoms with van der Waals surface area (Å²) in [6.45, 7) is 1.87. The molecule has 7 heteroatoms. The molecule has 3 N–H and O–H groups in total. The lowest BCUT2D eigenvalue weighted by Crippen LogP contribution is -2.25. The first-order valence-corrected chi connectivity index (χ1v) is 9.14. The molecule has 0 amide bonds. The van der Waals surface area contributed by atoms with Crippen LogP contribution in [0.15, 0.2) is 35.3 Å². The van der Waals surface area contributed by atoms with E-state index in [9.17, 15) is 19.1 Å². The number of anilines is 1. The van der Waals surface area contributed by atoms with Gasteiger partial charge in [0.25, 0.3) is 5.56 Å². The molecule has 1 unspecified atom stereocenters. The third-order valence-electron chi connectivity index (χ3n) is 5.09. The Morgan fingerprint density at radius 2 is 2.04 bits per heavy atom. The van der Waals surface area contributed by atoms with Gasteiger partial charge in [-0.3, -0.25) is 9.20 Å². The van der Waals surface area contributed by atoms with Crippen LogP contribution >= 0.6 is 9.24 Å². The van der Waals surface area contributed by atoms with E-state index in [-0.39, 0.29) is 17.2 Å². The largest absolute Gasteiger partial charge is 0.477 e. The molecule has 1 aliphatic rings. The maximum Gasteiger partial charge on any atom is 0.341 e. The van der Waals surface area contributed by atoms with Gasteiger partial charge in [-0.15, -0.1) is 9.24 Å². The van der Waals surface area contributed by atoms with Gasteiger partial charge in [0.05, 0.1) is 11.2 Å². The maximum absolute atomic E-state index is 14.0. The summed E-state index contributed by atoms with van der Waals surface area (Å²) in [4.78, 5) is 24.2. The molecular weight excluding hydrogens is 366 g/mol. The molecule has 1 saturated carbocycles. The molecule has 4 rings (SSSR count). The maximum atomic E-state index is 14.0. The van der Waals surface area contributed by atoms with Crippen LogP contribution in [0.2, 0.25) is 0 Å². The molecule has 2 heterocycles. The van der Waals surface area contributed by atoms with Crippen LogP contribution in [0.25, 0.3) is 16.6 Å². The summed E-state index contributed by atoms with van der Waals surface area (Å²) >= 11 is 0. The number of hydrogen-bond donors (Lipinski definition) is 2. The quantitative estimate of drug-likeness (QED) is 0.537. The molecule has 1 aliphatic carbocycles. The van der Waals surface area contributed by atoms with Crippen molar-refractivity contribution in [3.8, 4) is 11.1 Å². The number of aromatic carboxylic acids is 1. The zero-order chi connectivity index (χ0) is 19.5. The third-order valence-corrected chi connectivity index (χ3v) is 5.52. The summed E-state index contributed by atoms with van der Waals surface area (Å²) in [7, 11) is 2.55. The molecule has 1 fully saturated rings. The second kappa shape index (κ2) is 6.17. The lowest BCUT2D eigenvalue weighted by molar-refractivity contribution is 0.0694. The van der Waals surface area contributed by atoms with Crippen LogP contribution in [0.5, 0.6) is 0 Å². The third kappa shape index (κ3) is 2.81. The van der Waals surface area contributed by atoms with Crippen LogP contribution in [-0.4, -0.2) is 15.5 Å². The smallest absolute Gasteiger partial charge is 0.341 e. The molecule has 1 atom stereocenters. The molecule has 0 aliphatic heterocycles. The van der Waals surface area contributed by atoms with Crippen molar-refractivity contribution in [1.82, 2.24) is 4.40 Å². The van der Waals surface area contributed by atoms with Crippen LogP contribution < -0.4 is 16.6 Å². The fourth-order valence-corrected chi connectivity index (χ4v) is 4.17. The molecule has 5 nitrogen and oxygen atoms in total. The summed E-state index contributed by atoms with van der Waals surface area (Å²) in [6.07, 6.45) is 3.53. The van der Waals surface area contributed by atoms with Crippen molar-refractivity contribution in [2.75, 3.05) is 5.73 Å². The van der Waals surface area contributed by atoms with Crippen LogP contribution in [0.4, 0.5) is 10.1 Å². The number of aryl methyl sites for hydroxylation is 1. The Hall–Kier alpha value is -2.72. The average molecular weight is 384 g/mol. The van der Waals surface area contributed by atoms with Crippen LogP contribution in [-0.2, 0) is 0 Å². The number of carboxylic acid groups (broad SMARTS) is 1. The molecule has 1 aromatic carbocycles. The van der Waals surface area contributed by atoms with E-state index in [1.54, 1.807) is 12.3 Å². The summed E-state index contributed by atoms with van der Waals surface area (Å²) in [6, 6.07) is 6.13. The minimum Gasteiger partial charge on any atom is -0.477 e. The zero-order valence-electron chi connectivity index (χ0n) is 14.6. The van der Waals surface area contributed by atoms with E-state index < -0.39 is 17.3 Å². The van der Waals surface area contributed by atoms with Crippen molar-refractivity contribution in [2.24, 2.45) is 0 Å². The number of aromatic nitrogens is 1. The normalized spacial score (nSPS) is 13.9. The first-order chi connectivity index (χ1) is 12.8. The second-order valence-corrected chi connectivity index (χ2v) is 7.56. The van der Waals surface area contributed by atoms with E-state index in [0.29, 0.717) is 16.4 Å². The number of nitrogens with zero attached hydrogens (tertiary/aromatic N) is 1. The van der Waals surface area contributed by atoms with Gasteiger partial charge in [-0.25, -0.2) is 9.18 Å². The van der Waals surface area contributed by atoms with Gasteiger partial charge in [-0.2, -0.15) is 0 Å². The van der Waals surface area contributed by atoms with Gasteiger partial charge in [0.1, 0.15) is 11.4 Å². The Bertz CT molecular complexity index is 1180. The van der Waals surface area contributed by atoms with Gasteiger partial charge in [0, 0.05) is 6.20 Å². The minimum absolute atomic E-state index is 0.0727. The summed E-state index contributed by atoms with van der Waals surface area (Å²) in [5.41, 5.74) is 8.68. The van der Waals surface area contributed by atoms with Crippen molar-refractivity contribution < 1.29 is 14.3 Å². The SMILES string of the molecule is Cc1c(-c2ccc(N)c(F)c2)c(P)cn2c(=O)c(C(=O)O)cc(C3CC3)c12. The topological polar surface area (TPSA) is 84.8 Å². The van der Waals surface area contributed by atoms with Gasteiger partial charge >= 0.3 is 5.97 Å². The number of halogens is 1. The number of carbonyl (C=O) groups is 1. The number of nitrogen functional groups attached to an aromatic ring is 1. The standard InChI is InChI=1S/C20H18FN2O3P/c1-9-17(11-4-5-15(22)14(21)6-11)16(27)8-23-18(9)12(10-2-3-10)7-13(19(23)24)20(25)26/h4-8,10H,2-3,22,27H2,1H3,(H,25,26). The average Bonchev–Trinajstić information content (AvgIpc) is 3.43. The molecule has 0 bridgehead atoms. The van der Waals surface area contributed by atoms with Gasteiger partial charge in [0.2, 0.25) is 0 Å². The summed E-state index contributed by atoms with van der Waals surface area (Å²) in [5, 5.41) is 10.1. The van der Waals surface area contributed by atoms with E-state index in [1.165, 1.54) is 22.6 Å². The molecule has 0 spiro atoms. The van der Waals surface area contributed by atoms with E-state index in [0.717, 1.165) is 29.5 Å². The van der Waals surface area contributed by atoms with Gasteiger partial charge in [0.15, 0.2) is 0 Å². The van der Waals surface area contributed by atoms with Gasteiger partial charge in [-0.1, -0.05) is 6.07 Å². The minimum atomic E-state index is -1.23. The molecule has 3 aromatic rings. The van der Waals surface area contributed by atoms with Crippen molar-refractivity contribution in [1.29, 1.82) is 0 Å². The molecule has 0 radical (unpaired) electrons. The van der Waals surface area contributed by atoms with Crippen molar-refractivity contribution in [2.45, 2.75) is 25.7 Å². The first-order valence-electron chi connectivity index (χ1n) is 8.56. The Labute approximate surface area is 156 Å². The fraction of sp³-hybridized carbons (Fsp3) is 0.200. The molecule has 0 saturated heterocycles. The Morgan fingerprint density at radius 1 is 1.33 bits per heavy atom. The number of carboxylic acids is 1. The monoisotopic (exact) mass is 384 g/mol. The van der Waals surface area contributed by atoms with Crippen molar-refractivity contribution >= 4 is 31.7 Å². The van der Waals surface area contributed by atoms with Crippen LogP contribution in [0.1, 0.15) is 40.2 Å². The highest BCUT2D eigenvalue weighted by molar-refractivity contribution is 7.28. The number of nitrogens with two attached hydrogens (primary N) is 1. The summed E-state index contributed by atoms with van der Waals surface area (Å²) < 4.78 is 15.4. The van der Waals surface area contributed by atoms with Crippen LogP contribution in [0.3, 0.4) is 0 Å². The molecular formula is C20H18FN2O3P. The number of rotatable bonds is 3. The Morgan fingerprint density at radius 3 is 2.63 bits per heavy atom. The van der Waals surface area contributed by atoms with Gasteiger partial charge < -0.3 is 10.8 Å². The van der Waals surface area contributed by atoms with E-state index in [1.807, 2.05) is 6.92 Å². The predicted molar refractivity (Wildman–Crippen MR) is 106 cm³/mol. The van der Waals surface area contributed by atoms with E-state index in [4.69, 9.17) is 5.73 Å². The first kappa shape index (κ1) is 17.7. The highest BCUT2D eigenvalue weighted by atomic mass is 31.0. The van der Waals surface area contributed by atoms with E-state index >= 15 is 0 Å². The molecule has 27 heavy (non-hydrogen) atoms. The number of benzene rings is 1. The predicted octanol–water partition coefficient (Wildman–Crippen LogP) is 3.07. The number of fused-ring (bicyclic) bond motifs is 1. The number of hydrogen-bond acceptors (Lipinski definition) is 3. The molecule has 138 valence electrons. The lowest BCUT2D eigenvalue weighted by Gasteiger charge is -2.18.